The number of nitrogens with zero attached hydrogens (tertiary/aromatic N) is 2. The van der Waals surface area contributed by atoms with Gasteiger partial charge in [0.1, 0.15) is 11.8 Å². The quantitative estimate of drug-likeness (QED) is 0.355. The molecule has 6 nitrogen and oxygen atoms in total. The van der Waals surface area contributed by atoms with Crippen LogP contribution < -0.4 is 5.56 Å². The van der Waals surface area contributed by atoms with Crippen LogP contribution in [0.2, 0.25) is 15.1 Å². The Bertz CT molecular complexity index is 1050. The summed E-state index contributed by atoms with van der Waals surface area (Å²) in [6.07, 6.45) is -1.48. The molecule has 0 aliphatic heterocycles. The van der Waals surface area contributed by atoms with Gasteiger partial charge in [-0.25, -0.2) is 4.98 Å². The van der Waals surface area contributed by atoms with Gasteiger partial charge in [-0.2, -0.15) is 0 Å². The lowest BCUT2D eigenvalue weighted by Gasteiger charge is -2.14. The van der Waals surface area contributed by atoms with Crippen molar-refractivity contribution in [3.05, 3.63) is 73.1 Å². The highest BCUT2D eigenvalue weighted by Crippen LogP contribution is 2.28. The zero-order chi connectivity index (χ0) is 18.1. The third kappa shape index (κ3) is 3.48. The minimum Gasteiger partial charge on any atom is -0.410 e. The summed E-state index contributed by atoms with van der Waals surface area (Å²) in [5.74, 6) is 0. The Labute approximate surface area is 156 Å². The first-order valence-electron chi connectivity index (χ1n) is 6.95. The largest absolute Gasteiger partial charge is 0.410 e. The van der Waals surface area contributed by atoms with Crippen LogP contribution in [-0.2, 0) is 0 Å². The summed E-state index contributed by atoms with van der Waals surface area (Å²) in [7, 11) is 0. The molecule has 9 heteroatoms. The van der Waals surface area contributed by atoms with E-state index in [4.69, 9.17) is 34.8 Å². The molecular weight excluding hydrogens is 389 g/mol. The van der Waals surface area contributed by atoms with E-state index in [1.54, 1.807) is 12.1 Å². The molecule has 2 aromatic carbocycles. The van der Waals surface area contributed by atoms with Crippen LogP contribution in [0.1, 0.15) is 17.4 Å². The number of aromatic amines is 1. The fraction of sp³-hybridized carbons (Fsp3) is 0.0625. The van der Waals surface area contributed by atoms with Gasteiger partial charge in [0.25, 0.3) is 5.56 Å². The predicted octanol–water partition coefficient (Wildman–Crippen LogP) is 3.80. The number of fused-ring (bicyclic) bond motifs is 1. The van der Waals surface area contributed by atoms with E-state index in [0.717, 1.165) is 0 Å². The third-order valence-electron chi connectivity index (χ3n) is 3.52. The number of aliphatic hydroxyl groups excluding tert-OH is 1. The third-order valence-corrected chi connectivity index (χ3v) is 4.32. The number of oxime groups is 1. The Morgan fingerprint density at radius 1 is 1.12 bits per heavy atom. The van der Waals surface area contributed by atoms with Crippen molar-refractivity contribution < 1.29 is 10.3 Å². The molecule has 0 radical (unpaired) electrons. The molecule has 1 unspecified atom stereocenters. The molecule has 0 aliphatic carbocycles. The molecule has 0 bridgehead atoms. The van der Waals surface area contributed by atoms with Crippen molar-refractivity contribution in [2.75, 3.05) is 0 Å². The fourth-order valence-electron chi connectivity index (χ4n) is 2.33. The highest BCUT2D eigenvalue weighted by atomic mass is 35.5. The summed E-state index contributed by atoms with van der Waals surface area (Å²) in [6, 6.07) is 9.14. The van der Waals surface area contributed by atoms with Crippen LogP contribution in [0.5, 0.6) is 0 Å². The van der Waals surface area contributed by atoms with Gasteiger partial charge >= 0.3 is 0 Å². The molecule has 3 rings (SSSR count). The van der Waals surface area contributed by atoms with Crippen molar-refractivity contribution in [2.24, 2.45) is 5.16 Å². The van der Waals surface area contributed by atoms with Gasteiger partial charge in [-0.3, -0.25) is 4.79 Å². The standard InChI is InChI=1S/C16H10Cl3N3O3/c17-7-1-3-9(10(19)5-7)15(23)13(22-25)14-16(24)21-12-6-8(18)2-4-11(12)20-14/h1-6,15,23,25H,(H,21,24)/b22-13-. The number of hydrogen-bond donors (Lipinski definition) is 3. The van der Waals surface area contributed by atoms with Crippen molar-refractivity contribution in [2.45, 2.75) is 6.10 Å². The number of rotatable bonds is 3. The van der Waals surface area contributed by atoms with Crippen molar-refractivity contribution in [3.8, 4) is 0 Å². The van der Waals surface area contributed by atoms with Gasteiger partial charge in [0.05, 0.1) is 11.0 Å². The zero-order valence-corrected chi connectivity index (χ0v) is 14.6. The number of nitrogens with one attached hydrogen (secondary N) is 1. The molecule has 0 saturated heterocycles. The van der Waals surface area contributed by atoms with Crippen LogP contribution in [0.3, 0.4) is 0 Å². The number of hydrogen-bond acceptors (Lipinski definition) is 5. The molecule has 0 saturated carbocycles. The lowest BCUT2D eigenvalue weighted by molar-refractivity contribution is 0.235. The molecule has 1 atom stereocenters. The van der Waals surface area contributed by atoms with Crippen molar-refractivity contribution >= 4 is 51.5 Å². The van der Waals surface area contributed by atoms with Crippen molar-refractivity contribution in [1.82, 2.24) is 9.97 Å². The average Bonchev–Trinajstić information content (AvgIpc) is 2.56. The summed E-state index contributed by atoms with van der Waals surface area (Å²) < 4.78 is 0. The fourth-order valence-corrected chi connectivity index (χ4v) is 3.02. The molecule has 25 heavy (non-hydrogen) atoms. The molecule has 0 spiro atoms. The first-order valence-corrected chi connectivity index (χ1v) is 8.09. The van der Waals surface area contributed by atoms with Crippen LogP contribution in [0.15, 0.2) is 46.3 Å². The molecule has 0 aliphatic rings. The second-order valence-corrected chi connectivity index (χ2v) is 6.41. The Hall–Kier alpha value is -2.12. The molecule has 3 N–H and O–H groups in total. The van der Waals surface area contributed by atoms with E-state index >= 15 is 0 Å². The van der Waals surface area contributed by atoms with E-state index in [1.165, 1.54) is 24.3 Å². The van der Waals surface area contributed by atoms with Crippen LogP contribution in [0.25, 0.3) is 11.0 Å². The normalized spacial score (nSPS) is 13.2. The van der Waals surface area contributed by atoms with Gasteiger partial charge in [0, 0.05) is 20.6 Å². The molecule has 1 aromatic heterocycles. The van der Waals surface area contributed by atoms with Crippen LogP contribution in [0.4, 0.5) is 0 Å². The highest BCUT2D eigenvalue weighted by Gasteiger charge is 2.24. The van der Waals surface area contributed by atoms with Gasteiger partial charge < -0.3 is 15.3 Å². The SMILES string of the molecule is O=c1[nH]c2cc(Cl)ccc2nc1/C(=N/O)C(O)c1ccc(Cl)cc1Cl. The minimum absolute atomic E-state index is 0.158. The van der Waals surface area contributed by atoms with Crippen molar-refractivity contribution in [1.29, 1.82) is 0 Å². The summed E-state index contributed by atoms with van der Waals surface area (Å²) >= 11 is 17.8. The lowest BCUT2D eigenvalue weighted by atomic mass is 10.0. The number of halogens is 3. The smallest absolute Gasteiger partial charge is 0.276 e. The molecule has 1 heterocycles. The average molecular weight is 399 g/mol. The number of H-pyrrole nitrogens is 1. The maximum absolute atomic E-state index is 12.3. The summed E-state index contributed by atoms with van der Waals surface area (Å²) in [5, 5.41) is 23.9. The predicted molar refractivity (Wildman–Crippen MR) is 97.1 cm³/mol. The van der Waals surface area contributed by atoms with Gasteiger partial charge in [-0.15, -0.1) is 0 Å². The summed E-state index contributed by atoms with van der Waals surface area (Å²) in [4.78, 5) is 19.0. The highest BCUT2D eigenvalue weighted by molar-refractivity contribution is 6.35. The Morgan fingerprint density at radius 2 is 1.80 bits per heavy atom. The number of aromatic nitrogens is 2. The lowest BCUT2D eigenvalue weighted by Crippen LogP contribution is -2.25. The first kappa shape index (κ1) is 17.7. The topological polar surface area (TPSA) is 98.6 Å². The van der Waals surface area contributed by atoms with Gasteiger partial charge in [0.15, 0.2) is 5.69 Å². The van der Waals surface area contributed by atoms with Gasteiger partial charge in [0.2, 0.25) is 0 Å². The summed E-state index contributed by atoms with van der Waals surface area (Å²) in [5.41, 5.74) is -0.187. The second-order valence-electron chi connectivity index (χ2n) is 5.13. The monoisotopic (exact) mass is 397 g/mol. The molecule has 0 fully saturated rings. The van der Waals surface area contributed by atoms with Crippen LogP contribution >= 0.6 is 34.8 Å². The van der Waals surface area contributed by atoms with Crippen LogP contribution in [-0.4, -0.2) is 26.0 Å². The van der Waals surface area contributed by atoms with E-state index in [9.17, 15) is 15.1 Å². The van der Waals surface area contributed by atoms with E-state index in [2.05, 4.69) is 15.1 Å². The molecule has 3 aromatic rings. The zero-order valence-electron chi connectivity index (χ0n) is 12.4. The molecule has 0 amide bonds. The van der Waals surface area contributed by atoms with Gasteiger partial charge in [-0.1, -0.05) is 46.0 Å². The van der Waals surface area contributed by atoms with Crippen molar-refractivity contribution in [3.63, 3.8) is 0 Å². The second kappa shape index (κ2) is 7.01. The summed E-state index contributed by atoms with van der Waals surface area (Å²) in [6.45, 7) is 0. The maximum atomic E-state index is 12.3. The van der Waals surface area contributed by atoms with E-state index in [-0.39, 0.29) is 22.0 Å². The molecular formula is C16H10Cl3N3O3. The van der Waals surface area contributed by atoms with E-state index < -0.39 is 11.7 Å². The maximum Gasteiger partial charge on any atom is 0.276 e. The first-order chi connectivity index (χ1) is 11.9. The van der Waals surface area contributed by atoms with E-state index in [0.29, 0.717) is 21.1 Å². The van der Waals surface area contributed by atoms with E-state index in [1.807, 2.05) is 0 Å². The Balaban J connectivity index is 2.12. The Kier molecular flexibility index (Phi) is 4.96. The molecule has 128 valence electrons. The van der Waals surface area contributed by atoms with Crippen LogP contribution in [0, 0.1) is 0 Å². The number of benzene rings is 2. The number of aliphatic hydroxyl groups is 1. The minimum atomic E-state index is -1.48. The van der Waals surface area contributed by atoms with Gasteiger partial charge in [-0.05, 0) is 30.3 Å². The Morgan fingerprint density at radius 3 is 2.48 bits per heavy atom.